The summed E-state index contributed by atoms with van der Waals surface area (Å²) in [6, 6.07) is 2.76. The van der Waals surface area contributed by atoms with Crippen molar-refractivity contribution < 1.29 is 19.7 Å². The van der Waals surface area contributed by atoms with E-state index in [0.29, 0.717) is 0 Å². The minimum Gasteiger partial charge on any atom is -0.494 e. The number of carbonyl (C=O) groups excluding carboxylic acids is 1. The number of nitrogens with zero attached hydrogens (tertiary/aromatic N) is 1. The Hall–Kier alpha value is -1.65. The summed E-state index contributed by atoms with van der Waals surface area (Å²) in [5.41, 5.74) is 0. The fraction of sp³-hybridized carbons (Fsp3) is 0.545. The molecule has 1 heterocycles. The molecule has 0 aromatic carbocycles. The maximum Gasteiger partial charge on any atom is 0.308 e. The summed E-state index contributed by atoms with van der Waals surface area (Å²) in [6.45, 7) is 4.09. The zero-order chi connectivity index (χ0) is 12.1. The fourth-order valence-corrected chi connectivity index (χ4v) is 1.22. The topological polar surface area (TPSA) is 71.7 Å². The zero-order valence-electron chi connectivity index (χ0n) is 9.51. The highest BCUT2D eigenvalue weighted by atomic mass is 16.5. The molecule has 90 valence electrons. The maximum atomic E-state index is 11.3. The Morgan fingerprint density at radius 3 is 2.50 bits per heavy atom. The molecule has 0 aliphatic heterocycles. The summed E-state index contributed by atoms with van der Waals surface area (Å²) >= 11 is 0. The van der Waals surface area contributed by atoms with Crippen LogP contribution in [0.4, 0.5) is 0 Å². The van der Waals surface area contributed by atoms with Crippen molar-refractivity contribution >= 4 is 5.97 Å². The van der Waals surface area contributed by atoms with Crippen LogP contribution in [-0.2, 0) is 16.1 Å². The van der Waals surface area contributed by atoms with Crippen LogP contribution in [-0.4, -0.2) is 27.4 Å². The molecule has 0 fully saturated rings. The minimum atomic E-state index is -0.256. The molecule has 16 heavy (non-hydrogen) atoms. The lowest BCUT2D eigenvalue weighted by Gasteiger charge is -2.10. The number of aromatic nitrogens is 1. The molecular formula is C11H17NO4. The molecule has 1 atom stereocenters. The number of aromatic hydroxyl groups is 2. The standard InChI is InChI=1S/C11H17NO4/c1-3-8(2)11(15)16-7-6-12-9(13)4-5-10(12)14/h4-5,8,13-14H,3,6-7H2,1-2H3. The monoisotopic (exact) mass is 227 g/mol. The van der Waals surface area contributed by atoms with Crippen LogP contribution in [0.5, 0.6) is 11.8 Å². The summed E-state index contributed by atoms with van der Waals surface area (Å²) < 4.78 is 6.26. The van der Waals surface area contributed by atoms with Crippen LogP contribution >= 0.6 is 0 Å². The summed E-state index contributed by atoms with van der Waals surface area (Å²) in [5, 5.41) is 18.6. The first-order valence-electron chi connectivity index (χ1n) is 5.30. The van der Waals surface area contributed by atoms with E-state index in [0.717, 1.165) is 6.42 Å². The molecule has 0 spiro atoms. The zero-order valence-corrected chi connectivity index (χ0v) is 9.51. The van der Waals surface area contributed by atoms with Gasteiger partial charge >= 0.3 is 5.97 Å². The highest BCUT2D eigenvalue weighted by Gasteiger charge is 2.12. The van der Waals surface area contributed by atoms with Gasteiger partial charge in [0.1, 0.15) is 6.61 Å². The Kier molecular flexibility index (Phi) is 4.22. The SMILES string of the molecule is CCC(C)C(=O)OCCn1c(O)ccc1O. The molecule has 0 radical (unpaired) electrons. The first kappa shape index (κ1) is 12.4. The van der Waals surface area contributed by atoms with Gasteiger partial charge in [0.15, 0.2) is 11.8 Å². The Balaban J connectivity index is 2.39. The second-order valence-electron chi connectivity index (χ2n) is 3.68. The lowest BCUT2D eigenvalue weighted by atomic mass is 10.1. The van der Waals surface area contributed by atoms with Crippen LogP contribution in [0, 0.1) is 5.92 Å². The van der Waals surface area contributed by atoms with Crippen LogP contribution in [0.15, 0.2) is 12.1 Å². The van der Waals surface area contributed by atoms with Gasteiger partial charge in [-0.2, -0.15) is 0 Å². The maximum absolute atomic E-state index is 11.3. The number of ether oxygens (including phenoxy) is 1. The van der Waals surface area contributed by atoms with E-state index >= 15 is 0 Å². The second kappa shape index (κ2) is 5.44. The van der Waals surface area contributed by atoms with E-state index in [1.54, 1.807) is 6.92 Å². The van der Waals surface area contributed by atoms with Gasteiger partial charge in [-0.1, -0.05) is 13.8 Å². The Bertz CT molecular complexity index is 339. The van der Waals surface area contributed by atoms with E-state index < -0.39 is 0 Å². The minimum absolute atomic E-state index is 0.0444. The van der Waals surface area contributed by atoms with E-state index in [4.69, 9.17) is 4.74 Å². The van der Waals surface area contributed by atoms with E-state index in [2.05, 4.69) is 0 Å². The quantitative estimate of drug-likeness (QED) is 0.747. The average molecular weight is 227 g/mol. The normalized spacial score (nSPS) is 12.4. The third-order valence-electron chi connectivity index (χ3n) is 2.51. The number of hydrogen-bond donors (Lipinski definition) is 2. The molecule has 1 rings (SSSR count). The molecule has 0 amide bonds. The molecule has 0 saturated carbocycles. The molecule has 1 unspecified atom stereocenters. The third-order valence-corrected chi connectivity index (χ3v) is 2.51. The van der Waals surface area contributed by atoms with Crippen molar-refractivity contribution in [2.75, 3.05) is 6.61 Å². The van der Waals surface area contributed by atoms with Crippen LogP contribution in [0.3, 0.4) is 0 Å². The van der Waals surface area contributed by atoms with Gasteiger partial charge in [0.2, 0.25) is 0 Å². The first-order chi connectivity index (χ1) is 7.56. The summed E-state index contributed by atoms with van der Waals surface area (Å²) in [6.07, 6.45) is 0.735. The van der Waals surface area contributed by atoms with Crippen LogP contribution in [0.25, 0.3) is 0 Å². The molecule has 0 saturated heterocycles. The molecule has 0 bridgehead atoms. The highest BCUT2D eigenvalue weighted by Crippen LogP contribution is 2.20. The van der Waals surface area contributed by atoms with Crippen LogP contribution < -0.4 is 0 Å². The number of hydrogen-bond acceptors (Lipinski definition) is 4. The van der Waals surface area contributed by atoms with E-state index in [-0.39, 0.29) is 36.8 Å². The Morgan fingerprint density at radius 1 is 1.44 bits per heavy atom. The molecule has 2 N–H and O–H groups in total. The number of esters is 1. The third kappa shape index (κ3) is 2.92. The number of rotatable bonds is 5. The molecule has 0 aliphatic carbocycles. The van der Waals surface area contributed by atoms with Crippen molar-refractivity contribution in [1.29, 1.82) is 0 Å². The lowest BCUT2D eigenvalue weighted by molar-refractivity contribution is -0.148. The van der Waals surface area contributed by atoms with Gasteiger partial charge in [0, 0.05) is 12.1 Å². The summed E-state index contributed by atoms with van der Waals surface area (Å²) in [7, 11) is 0. The van der Waals surface area contributed by atoms with E-state index in [1.807, 2.05) is 6.92 Å². The van der Waals surface area contributed by atoms with Gasteiger partial charge in [-0.25, -0.2) is 0 Å². The van der Waals surface area contributed by atoms with Gasteiger partial charge < -0.3 is 14.9 Å². The van der Waals surface area contributed by atoms with Crippen molar-refractivity contribution in [3.63, 3.8) is 0 Å². The molecule has 5 nitrogen and oxygen atoms in total. The van der Waals surface area contributed by atoms with Gasteiger partial charge in [0.25, 0.3) is 0 Å². The smallest absolute Gasteiger partial charge is 0.308 e. The van der Waals surface area contributed by atoms with Crippen molar-refractivity contribution in [2.24, 2.45) is 5.92 Å². The van der Waals surface area contributed by atoms with E-state index in [1.165, 1.54) is 16.7 Å². The van der Waals surface area contributed by atoms with Crippen molar-refractivity contribution in [3.8, 4) is 11.8 Å². The number of carbonyl (C=O) groups is 1. The van der Waals surface area contributed by atoms with Crippen molar-refractivity contribution in [1.82, 2.24) is 4.57 Å². The lowest BCUT2D eigenvalue weighted by Crippen LogP contribution is -2.16. The van der Waals surface area contributed by atoms with Gasteiger partial charge in [0.05, 0.1) is 12.5 Å². The average Bonchev–Trinajstić information content (AvgIpc) is 2.59. The highest BCUT2D eigenvalue weighted by molar-refractivity contribution is 5.71. The predicted molar refractivity (Wildman–Crippen MR) is 58.2 cm³/mol. The van der Waals surface area contributed by atoms with Crippen LogP contribution in [0.2, 0.25) is 0 Å². The summed E-state index contributed by atoms with van der Waals surface area (Å²) in [5.74, 6) is -0.463. The second-order valence-corrected chi connectivity index (χ2v) is 3.68. The predicted octanol–water partition coefficient (Wildman–Crippen LogP) is 1.49. The van der Waals surface area contributed by atoms with Gasteiger partial charge in [-0.3, -0.25) is 9.36 Å². The Labute approximate surface area is 94.3 Å². The largest absolute Gasteiger partial charge is 0.494 e. The fourth-order valence-electron chi connectivity index (χ4n) is 1.22. The molecule has 0 aliphatic rings. The molecule has 1 aromatic rings. The molecule has 1 aromatic heterocycles. The van der Waals surface area contributed by atoms with Crippen molar-refractivity contribution in [3.05, 3.63) is 12.1 Å². The Morgan fingerprint density at radius 2 is 2.00 bits per heavy atom. The first-order valence-corrected chi connectivity index (χ1v) is 5.30. The van der Waals surface area contributed by atoms with Gasteiger partial charge in [-0.05, 0) is 6.42 Å². The van der Waals surface area contributed by atoms with E-state index in [9.17, 15) is 15.0 Å². The molecule has 5 heteroatoms. The van der Waals surface area contributed by atoms with Crippen LogP contribution in [0.1, 0.15) is 20.3 Å². The summed E-state index contributed by atoms with van der Waals surface area (Å²) in [4.78, 5) is 11.3. The molecular weight excluding hydrogens is 210 g/mol. The van der Waals surface area contributed by atoms with Gasteiger partial charge in [-0.15, -0.1) is 0 Å². The van der Waals surface area contributed by atoms with Crippen molar-refractivity contribution in [2.45, 2.75) is 26.8 Å².